The molecule has 288 valence electrons. The van der Waals surface area contributed by atoms with Crippen molar-refractivity contribution in [1.82, 2.24) is 0 Å². The minimum Gasteiger partial charge on any atom is -0.508 e. The summed E-state index contributed by atoms with van der Waals surface area (Å²) in [5.74, 6) is 1.03. The van der Waals surface area contributed by atoms with Gasteiger partial charge in [-0.05, 0) is 153 Å². The fourth-order valence-corrected chi connectivity index (χ4v) is 8.24. The normalized spacial score (nSPS) is 13.0. The fraction of sp³-hybridized carbons (Fsp3) is 0.510. The van der Waals surface area contributed by atoms with Gasteiger partial charge >= 0.3 is 0 Å². The molecule has 0 saturated heterocycles. The largest absolute Gasteiger partial charge is 0.508 e. The molecular formula is C49H68O4. The second kappa shape index (κ2) is 14.7. The van der Waals surface area contributed by atoms with E-state index in [1.54, 1.807) is 0 Å². The lowest BCUT2D eigenvalue weighted by atomic mass is 9.75. The van der Waals surface area contributed by atoms with Crippen molar-refractivity contribution in [2.24, 2.45) is 0 Å². The summed E-state index contributed by atoms with van der Waals surface area (Å²) in [6.45, 7) is 33.9. The average Bonchev–Trinajstić information content (AvgIpc) is 2.99. The molecule has 53 heavy (non-hydrogen) atoms. The molecule has 0 saturated carbocycles. The Bertz CT molecular complexity index is 1690. The molecule has 0 unspecified atom stereocenters. The lowest BCUT2D eigenvalue weighted by Gasteiger charge is -2.30. The molecule has 0 bridgehead atoms. The number of benzene rings is 4. The van der Waals surface area contributed by atoms with E-state index in [0.717, 1.165) is 86.0 Å². The summed E-state index contributed by atoms with van der Waals surface area (Å²) in [6, 6.07) is 16.3. The molecule has 0 aliphatic heterocycles. The van der Waals surface area contributed by atoms with E-state index in [4.69, 9.17) is 0 Å². The monoisotopic (exact) mass is 721 g/mol. The molecule has 4 aromatic rings. The van der Waals surface area contributed by atoms with E-state index in [0.29, 0.717) is 23.0 Å². The molecule has 0 spiro atoms. The van der Waals surface area contributed by atoms with Crippen LogP contribution < -0.4 is 0 Å². The summed E-state index contributed by atoms with van der Waals surface area (Å²) in [4.78, 5) is 0. The van der Waals surface area contributed by atoms with E-state index in [9.17, 15) is 20.4 Å². The average molecular weight is 721 g/mol. The van der Waals surface area contributed by atoms with Crippen LogP contribution in [0.2, 0.25) is 0 Å². The molecular weight excluding hydrogens is 653 g/mol. The topological polar surface area (TPSA) is 80.9 Å². The zero-order valence-electron chi connectivity index (χ0n) is 35.7. The lowest BCUT2D eigenvalue weighted by Crippen LogP contribution is -2.16. The van der Waals surface area contributed by atoms with Crippen LogP contribution in [0.15, 0.2) is 48.5 Å². The molecule has 0 aliphatic rings. The van der Waals surface area contributed by atoms with Gasteiger partial charge in [0.2, 0.25) is 0 Å². The molecule has 4 aromatic carbocycles. The Kier molecular flexibility index (Phi) is 11.6. The second-order valence-corrected chi connectivity index (χ2v) is 19.9. The number of aryl methyl sites for hydroxylation is 4. The SMILES string of the molecule is Cc1cc(C(C)(C)C)c(O)cc1C(CCCC(c1cc(O)c(C(C)(C)C)cc1C)c1cc(O)c(C(C)(C)C)cc1C)c1cc(O)c(C(C)(C)C)cc1C. The van der Waals surface area contributed by atoms with Gasteiger partial charge in [-0.3, -0.25) is 0 Å². The van der Waals surface area contributed by atoms with Gasteiger partial charge in [-0.15, -0.1) is 0 Å². The Morgan fingerprint density at radius 1 is 0.358 bits per heavy atom. The van der Waals surface area contributed by atoms with Crippen molar-refractivity contribution in [1.29, 1.82) is 0 Å². The van der Waals surface area contributed by atoms with Crippen molar-refractivity contribution in [2.75, 3.05) is 0 Å². The van der Waals surface area contributed by atoms with Crippen LogP contribution in [-0.4, -0.2) is 20.4 Å². The molecule has 4 nitrogen and oxygen atoms in total. The Balaban J connectivity index is 1.88. The van der Waals surface area contributed by atoms with Crippen molar-refractivity contribution >= 4 is 0 Å². The van der Waals surface area contributed by atoms with Gasteiger partial charge in [0.25, 0.3) is 0 Å². The Labute approximate surface area is 321 Å². The van der Waals surface area contributed by atoms with Gasteiger partial charge < -0.3 is 20.4 Å². The highest BCUT2D eigenvalue weighted by Crippen LogP contribution is 2.46. The van der Waals surface area contributed by atoms with Crippen LogP contribution >= 0.6 is 0 Å². The standard InChI is InChI=1S/C49H68O4/c1-28-20-38(46(5,6)7)42(50)24-34(28)32(35-25-43(51)39(21-29(35)2)47(8,9)10)18-17-19-33(36-26-44(52)40(22-30(36)3)48(11,12)13)37-27-45(53)41(23-31(37)4)49(14,15)16/h20-27,32-33,50-53H,17-19H2,1-16H3. The fourth-order valence-electron chi connectivity index (χ4n) is 8.24. The first kappa shape index (κ1) is 41.8. The number of phenolic OH excluding ortho intramolecular Hbond substituents is 4. The van der Waals surface area contributed by atoms with E-state index < -0.39 is 0 Å². The van der Waals surface area contributed by atoms with E-state index in [1.807, 2.05) is 24.3 Å². The maximum absolute atomic E-state index is 11.4. The zero-order valence-corrected chi connectivity index (χ0v) is 35.7. The molecule has 4 rings (SSSR count). The lowest BCUT2D eigenvalue weighted by molar-refractivity contribution is 0.443. The highest BCUT2D eigenvalue weighted by Gasteiger charge is 2.30. The predicted octanol–water partition coefficient (Wildman–Crippen LogP) is 13.1. The third-order valence-electron chi connectivity index (χ3n) is 11.3. The third kappa shape index (κ3) is 9.07. The molecule has 0 fully saturated rings. The van der Waals surface area contributed by atoms with Crippen molar-refractivity contribution in [3.63, 3.8) is 0 Å². The van der Waals surface area contributed by atoms with Gasteiger partial charge in [0.1, 0.15) is 23.0 Å². The number of hydrogen-bond acceptors (Lipinski definition) is 4. The van der Waals surface area contributed by atoms with Gasteiger partial charge in [0, 0.05) is 11.8 Å². The maximum Gasteiger partial charge on any atom is 0.119 e. The molecule has 0 radical (unpaired) electrons. The summed E-state index contributed by atoms with van der Waals surface area (Å²) in [5.41, 5.74) is 11.5. The van der Waals surface area contributed by atoms with Crippen LogP contribution in [0.5, 0.6) is 23.0 Å². The van der Waals surface area contributed by atoms with Crippen molar-refractivity contribution in [3.8, 4) is 23.0 Å². The molecule has 4 N–H and O–H groups in total. The molecule has 0 atom stereocenters. The summed E-state index contributed by atoms with van der Waals surface area (Å²) >= 11 is 0. The summed E-state index contributed by atoms with van der Waals surface area (Å²) in [7, 11) is 0. The summed E-state index contributed by atoms with van der Waals surface area (Å²) in [6.07, 6.45) is 2.37. The van der Waals surface area contributed by atoms with Crippen LogP contribution in [0, 0.1) is 27.7 Å². The van der Waals surface area contributed by atoms with Crippen molar-refractivity contribution in [2.45, 2.75) is 164 Å². The first-order valence-corrected chi connectivity index (χ1v) is 19.5. The number of hydrogen-bond donors (Lipinski definition) is 4. The van der Waals surface area contributed by atoms with Gasteiger partial charge in [0.05, 0.1) is 0 Å². The minimum absolute atomic E-state index is 0.0778. The molecule has 4 heteroatoms. The Morgan fingerprint density at radius 2 is 0.547 bits per heavy atom. The summed E-state index contributed by atoms with van der Waals surface area (Å²) in [5, 5.41) is 45.6. The highest BCUT2D eigenvalue weighted by atomic mass is 16.3. The third-order valence-corrected chi connectivity index (χ3v) is 11.3. The quantitative estimate of drug-likeness (QED) is 0.146. The number of rotatable bonds is 8. The van der Waals surface area contributed by atoms with E-state index in [1.165, 1.54) is 0 Å². The second-order valence-electron chi connectivity index (χ2n) is 19.9. The molecule has 0 aromatic heterocycles. The van der Waals surface area contributed by atoms with Crippen LogP contribution in [-0.2, 0) is 21.7 Å². The molecule has 0 amide bonds. The minimum atomic E-state index is -0.212. The molecule has 0 heterocycles. The van der Waals surface area contributed by atoms with Gasteiger partial charge in [-0.1, -0.05) is 114 Å². The van der Waals surface area contributed by atoms with Gasteiger partial charge in [0.15, 0.2) is 0 Å². The Morgan fingerprint density at radius 3 is 0.717 bits per heavy atom. The number of aromatic hydroxyl groups is 4. The van der Waals surface area contributed by atoms with Crippen molar-refractivity contribution < 1.29 is 20.4 Å². The van der Waals surface area contributed by atoms with E-state index in [2.05, 4.69) is 135 Å². The van der Waals surface area contributed by atoms with Crippen molar-refractivity contribution in [3.05, 3.63) is 115 Å². The summed E-state index contributed by atoms with van der Waals surface area (Å²) < 4.78 is 0. The van der Waals surface area contributed by atoms with Crippen LogP contribution in [0.3, 0.4) is 0 Å². The van der Waals surface area contributed by atoms with Crippen LogP contribution in [0.25, 0.3) is 0 Å². The smallest absolute Gasteiger partial charge is 0.119 e. The maximum atomic E-state index is 11.4. The van der Waals surface area contributed by atoms with E-state index >= 15 is 0 Å². The zero-order chi connectivity index (χ0) is 40.2. The first-order valence-electron chi connectivity index (χ1n) is 19.5. The van der Waals surface area contributed by atoms with Crippen LogP contribution in [0.1, 0.15) is 181 Å². The first-order chi connectivity index (χ1) is 24.1. The predicted molar refractivity (Wildman–Crippen MR) is 224 cm³/mol. The molecule has 0 aliphatic carbocycles. The Hall–Kier alpha value is -3.92. The van der Waals surface area contributed by atoms with Gasteiger partial charge in [-0.25, -0.2) is 0 Å². The van der Waals surface area contributed by atoms with Gasteiger partial charge in [-0.2, -0.15) is 0 Å². The highest BCUT2D eigenvalue weighted by molar-refractivity contribution is 5.55. The number of phenols is 4. The van der Waals surface area contributed by atoms with E-state index in [-0.39, 0.29) is 33.5 Å². The van der Waals surface area contributed by atoms with Crippen LogP contribution in [0.4, 0.5) is 0 Å².